The third kappa shape index (κ3) is 2.60. The first-order valence-electron chi connectivity index (χ1n) is 7.71. The second-order valence-electron chi connectivity index (χ2n) is 5.90. The zero-order valence-electron chi connectivity index (χ0n) is 12.0. The molecule has 1 unspecified atom stereocenters. The normalized spacial score (nSPS) is 29.9. The van der Waals surface area contributed by atoms with E-state index in [-0.39, 0.29) is 11.8 Å². The molecular formula is C15H19N3O2S. The van der Waals surface area contributed by atoms with Crippen molar-refractivity contribution in [3.8, 4) is 0 Å². The van der Waals surface area contributed by atoms with E-state index >= 15 is 0 Å². The van der Waals surface area contributed by atoms with Crippen LogP contribution in [-0.2, 0) is 9.53 Å². The van der Waals surface area contributed by atoms with Crippen molar-refractivity contribution in [3.05, 3.63) is 10.5 Å². The van der Waals surface area contributed by atoms with Crippen molar-refractivity contribution in [1.29, 1.82) is 0 Å². The average Bonchev–Trinajstić information content (AvgIpc) is 2.87. The summed E-state index contributed by atoms with van der Waals surface area (Å²) in [6, 6.07) is 0. The van der Waals surface area contributed by atoms with Crippen LogP contribution in [0.2, 0.25) is 0 Å². The lowest BCUT2D eigenvalue weighted by Crippen LogP contribution is -2.40. The first-order valence-corrected chi connectivity index (χ1v) is 8.53. The standard InChI is InChI=1S/C15H19N3O2S/c19-14-13-10-3-1-2-4-11(10)21-15(13)17-12(16-14)9-18-5-7-20-8-6-18/h13H,1-9H2. The van der Waals surface area contributed by atoms with Crippen LogP contribution in [0, 0.1) is 5.92 Å². The molecule has 112 valence electrons. The molecule has 0 radical (unpaired) electrons. The highest BCUT2D eigenvalue weighted by molar-refractivity contribution is 8.17. The fourth-order valence-corrected chi connectivity index (χ4v) is 4.73. The van der Waals surface area contributed by atoms with Crippen molar-refractivity contribution in [2.75, 3.05) is 32.8 Å². The summed E-state index contributed by atoms with van der Waals surface area (Å²) < 4.78 is 5.35. The molecule has 0 saturated carbocycles. The Morgan fingerprint density at radius 3 is 2.86 bits per heavy atom. The van der Waals surface area contributed by atoms with Crippen molar-refractivity contribution in [1.82, 2.24) is 4.90 Å². The summed E-state index contributed by atoms with van der Waals surface area (Å²) in [6.07, 6.45) is 4.59. The minimum absolute atomic E-state index is 0.00246. The fraction of sp³-hybridized carbons (Fsp3) is 0.667. The predicted molar refractivity (Wildman–Crippen MR) is 83.7 cm³/mol. The quantitative estimate of drug-likeness (QED) is 0.781. The van der Waals surface area contributed by atoms with Gasteiger partial charge in [0.2, 0.25) is 0 Å². The second-order valence-corrected chi connectivity index (χ2v) is 7.01. The van der Waals surface area contributed by atoms with Gasteiger partial charge in [0.05, 0.1) is 24.8 Å². The zero-order chi connectivity index (χ0) is 14.2. The maximum absolute atomic E-state index is 12.4. The Hall–Kier alpha value is -0.980. The Kier molecular flexibility index (Phi) is 3.69. The van der Waals surface area contributed by atoms with Gasteiger partial charge >= 0.3 is 0 Å². The monoisotopic (exact) mass is 305 g/mol. The van der Waals surface area contributed by atoms with E-state index in [2.05, 4.69) is 9.89 Å². The molecule has 0 bridgehead atoms. The lowest BCUT2D eigenvalue weighted by atomic mass is 9.89. The number of amides is 1. The topological polar surface area (TPSA) is 54.3 Å². The van der Waals surface area contributed by atoms with Crippen LogP contribution in [0.25, 0.3) is 0 Å². The van der Waals surface area contributed by atoms with Gasteiger partial charge in [-0.1, -0.05) is 11.8 Å². The molecule has 0 N–H and O–H groups in total. The number of rotatable bonds is 2. The molecule has 0 aromatic rings. The smallest absolute Gasteiger partial charge is 0.261 e. The number of thioether (sulfide) groups is 1. The van der Waals surface area contributed by atoms with Crippen molar-refractivity contribution in [3.63, 3.8) is 0 Å². The Labute approximate surface area is 128 Å². The van der Waals surface area contributed by atoms with E-state index in [0.29, 0.717) is 12.4 Å². The molecule has 1 saturated heterocycles. The summed E-state index contributed by atoms with van der Waals surface area (Å²) in [5.41, 5.74) is 1.31. The van der Waals surface area contributed by atoms with Crippen LogP contribution in [0.3, 0.4) is 0 Å². The van der Waals surface area contributed by atoms with Gasteiger partial charge in [0.15, 0.2) is 0 Å². The zero-order valence-corrected chi connectivity index (χ0v) is 12.8. The van der Waals surface area contributed by atoms with Gasteiger partial charge in [0, 0.05) is 13.1 Å². The Morgan fingerprint density at radius 1 is 1.19 bits per heavy atom. The molecule has 1 aliphatic carbocycles. The number of morpholine rings is 1. The minimum Gasteiger partial charge on any atom is -0.379 e. The van der Waals surface area contributed by atoms with Crippen molar-refractivity contribution in [2.24, 2.45) is 15.9 Å². The highest BCUT2D eigenvalue weighted by atomic mass is 32.2. The molecule has 6 heteroatoms. The molecule has 4 aliphatic rings. The van der Waals surface area contributed by atoms with Crippen molar-refractivity contribution < 1.29 is 9.53 Å². The summed E-state index contributed by atoms with van der Waals surface area (Å²) in [5.74, 6) is 0.543. The fourth-order valence-electron chi connectivity index (χ4n) is 3.37. The van der Waals surface area contributed by atoms with Gasteiger partial charge in [-0.25, -0.2) is 4.99 Å². The summed E-state index contributed by atoms with van der Waals surface area (Å²) in [6.45, 7) is 3.96. The Morgan fingerprint density at radius 2 is 2.00 bits per heavy atom. The SMILES string of the molecule is O=C1N=C(CN2CCOCC2)N=C2SC3=C(CCCC3)C12. The van der Waals surface area contributed by atoms with Crippen LogP contribution in [0.1, 0.15) is 25.7 Å². The third-order valence-corrected chi connectivity index (χ3v) is 5.72. The minimum atomic E-state index is -0.140. The molecule has 4 rings (SSSR count). The molecule has 0 aromatic carbocycles. The summed E-state index contributed by atoms with van der Waals surface area (Å²) in [7, 11) is 0. The number of fused-ring (bicyclic) bond motifs is 2. The van der Waals surface area contributed by atoms with E-state index in [9.17, 15) is 4.79 Å². The number of nitrogens with zero attached hydrogens (tertiary/aromatic N) is 3. The summed E-state index contributed by atoms with van der Waals surface area (Å²) in [5, 5.41) is 0.977. The van der Waals surface area contributed by atoms with Gasteiger partial charge in [0.25, 0.3) is 5.91 Å². The van der Waals surface area contributed by atoms with Crippen LogP contribution in [0.15, 0.2) is 20.5 Å². The number of allylic oxidation sites excluding steroid dienone is 1. The number of amidine groups is 1. The lowest BCUT2D eigenvalue weighted by molar-refractivity contribution is -0.118. The van der Waals surface area contributed by atoms with E-state index < -0.39 is 0 Å². The van der Waals surface area contributed by atoms with Crippen LogP contribution in [-0.4, -0.2) is 54.5 Å². The van der Waals surface area contributed by atoms with E-state index in [1.807, 2.05) is 0 Å². The van der Waals surface area contributed by atoms with Gasteiger partial charge in [-0.2, -0.15) is 4.99 Å². The van der Waals surface area contributed by atoms with Gasteiger partial charge in [-0.15, -0.1) is 0 Å². The van der Waals surface area contributed by atoms with Crippen molar-refractivity contribution >= 4 is 28.5 Å². The highest BCUT2D eigenvalue weighted by Gasteiger charge is 2.40. The summed E-state index contributed by atoms with van der Waals surface area (Å²) in [4.78, 5) is 25.0. The molecule has 1 amide bonds. The van der Waals surface area contributed by atoms with Gasteiger partial charge in [-0.05, 0) is 36.2 Å². The first-order chi connectivity index (χ1) is 10.3. The van der Waals surface area contributed by atoms with Crippen molar-refractivity contribution in [2.45, 2.75) is 25.7 Å². The number of ether oxygens (including phenoxy) is 1. The number of hydrogen-bond donors (Lipinski definition) is 0. The molecule has 3 aliphatic heterocycles. The molecule has 1 fully saturated rings. The van der Waals surface area contributed by atoms with E-state index in [0.717, 1.165) is 44.2 Å². The van der Waals surface area contributed by atoms with Crippen LogP contribution >= 0.6 is 11.8 Å². The number of hydrogen-bond acceptors (Lipinski definition) is 5. The highest BCUT2D eigenvalue weighted by Crippen LogP contribution is 2.47. The maximum Gasteiger partial charge on any atom is 0.261 e. The number of carbonyl (C=O) groups is 1. The van der Waals surface area contributed by atoms with Crippen LogP contribution in [0.4, 0.5) is 0 Å². The maximum atomic E-state index is 12.4. The largest absolute Gasteiger partial charge is 0.379 e. The number of carbonyl (C=O) groups excluding carboxylic acids is 1. The molecule has 0 aromatic heterocycles. The number of aliphatic imine (C=N–C) groups is 2. The first kappa shape index (κ1) is 13.7. The molecule has 0 spiro atoms. The third-order valence-electron chi connectivity index (χ3n) is 4.48. The van der Waals surface area contributed by atoms with Gasteiger partial charge in [-0.3, -0.25) is 9.69 Å². The molecule has 1 atom stereocenters. The Bertz CT molecular complexity index is 561. The molecule has 3 heterocycles. The van der Waals surface area contributed by atoms with E-state index in [4.69, 9.17) is 9.73 Å². The lowest BCUT2D eigenvalue weighted by Gasteiger charge is -2.27. The van der Waals surface area contributed by atoms with Crippen LogP contribution < -0.4 is 0 Å². The van der Waals surface area contributed by atoms with Crippen LogP contribution in [0.5, 0.6) is 0 Å². The van der Waals surface area contributed by atoms with E-state index in [1.165, 1.54) is 23.3 Å². The average molecular weight is 305 g/mol. The predicted octanol–water partition coefficient (Wildman–Crippen LogP) is 1.85. The van der Waals surface area contributed by atoms with Gasteiger partial charge < -0.3 is 4.74 Å². The second kappa shape index (κ2) is 5.66. The molecule has 21 heavy (non-hydrogen) atoms. The van der Waals surface area contributed by atoms with Gasteiger partial charge in [0.1, 0.15) is 11.8 Å². The summed E-state index contributed by atoms with van der Waals surface area (Å²) >= 11 is 1.73. The Balaban J connectivity index is 1.52. The molecule has 5 nitrogen and oxygen atoms in total. The molecular weight excluding hydrogens is 286 g/mol. The van der Waals surface area contributed by atoms with E-state index in [1.54, 1.807) is 11.8 Å².